The Morgan fingerprint density at radius 3 is 2.32 bits per heavy atom. The Hall–Kier alpha value is -2.48. The van der Waals surface area contributed by atoms with Crippen molar-refractivity contribution in [2.75, 3.05) is 6.61 Å². The van der Waals surface area contributed by atoms with Gasteiger partial charge in [-0.1, -0.05) is 60.7 Å². The summed E-state index contributed by atoms with van der Waals surface area (Å²) in [5.41, 5.74) is 1.70. The van der Waals surface area contributed by atoms with Gasteiger partial charge in [0.2, 0.25) is 0 Å². The number of fused-ring (bicyclic) bond motifs is 1. The topological polar surface area (TPSA) is 68.2 Å². The number of aliphatic hydroxyl groups is 1. The highest BCUT2D eigenvalue weighted by atomic mass is 19.1. The first-order valence-electron chi connectivity index (χ1n) is 9.25. The number of ether oxygens (including phenoxy) is 2. The molecule has 7 heteroatoms. The van der Waals surface area contributed by atoms with E-state index in [1.165, 1.54) is 0 Å². The first-order valence-corrected chi connectivity index (χ1v) is 9.25. The molecule has 2 aliphatic rings. The smallest absolute Gasteiger partial charge is 0.434 e. The SMILES string of the molecule is O=C(OCc1ccccc1)N1OC[C@@H]2[C@@H](O)[C@H](OCc3ccccc3)[C@H](F)[C@@H]21. The van der Waals surface area contributed by atoms with E-state index >= 15 is 4.39 Å². The summed E-state index contributed by atoms with van der Waals surface area (Å²) in [4.78, 5) is 17.7. The van der Waals surface area contributed by atoms with Gasteiger partial charge in [0.25, 0.3) is 0 Å². The zero-order valence-electron chi connectivity index (χ0n) is 15.2. The van der Waals surface area contributed by atoms with E-state index in [0.717, 1.165) is 16.2 Å². The second-order valence-corrected chi connectivity index (χ2v) is 7.01. The van der Waals surface area contributed by atoms with Crippen LogP contribution in [0.5, 0.6) is 0 Å². The maximum absolute atomic E-state index is 15.1. The highest BCUT2D eigenvalue weighted by molar-refractivity contribution is 5.67. The number of alkyl halides is 1. The first kappa shape index (κ1) is 18.9. The summed E-state index contributed by atoms with van der Waals surface area (Å²) < 4.78 is 25.9. The highest BCUT2D eigenvalue weighted by Gasteiger charge is 2.59. The average Bonchev–Trinajstić information content (AvgIpc) is 3.27. The van der Waals surface area contributed by atoms with Crippen LogP contribution < -0.4 is 0 Å². The fraction of sp³-hybridized carbons (Fsp3) is 0.381. The van der Waals surface area contributed by atoms with Crippen molar-refractivity contribution in [2.24, 2.45) is 5.92 Å². The molecule has 1 heterocycles. The fourth-order valence-electron chi connectivity index (χ4n) is 3.73. The first-order chi connectivity index (χ1) is 13.6. The Morgan fingerprint density at radius 2 is 1.68 bits per heavy atom. The molecule has 1 saturated carbocycles. The molecule has 1 N–H and O–H groups in total. The van der Waals surface area contributed by atoms with Gasteiger partial charge >= 0.3 is 6.09 Å². The van der Waals surface area contributed by atoms with Gasteiger partial charge in [0.1, 0.15) is 18.8 Å². The van der Waals surface area contributed by atoms with Crippen molar-refractivity contribution in [1.29, 1.82) is 0 Å². The summed E-state index contributed by atoms with van der Waals surface area (Å²) in [6.07, 6.45) is -4.43. The number of hydroxylamine groups is 2. The Morgan fingerprint density at radius 1 is 1.07 bits per heavy atom. The molecule has 1 aliphatic carbocycles. The van der Waals surface area contributed by atoms with Gasteiger partial charge in [0.05, 0.1) is 19.3 Å². The van der Waals surface area contributed by atoms with Gasteiger partial charge in [-0.15, -0.1) is 0 Å². The Balaban J connectivity index is 1.37. The zero-order valence-corrected chi connectivity index (χ0v) is 15.2. The van der Waals surface area contributed by atoms with E-state index in [9.17, 15) is 9.90 Å². The second-order valence-electron chi connectivity index (χ2n) is 7.01. The minimum atomic E-state index is -1.57. The molecule has 1 saturated heterocycles. The summed E-state index contributed by atoms with van der Waals surface area (Å²) in [5, 5.41) is 11.4. The number of rotatable bonds is 5. The van der Waals surface area contributed by atoms with Crippen LogP contribution in [0.2, 0.25) is 0 Å². The van der Waals surface area contributed by atoms with Gasteiger partial charge in [0.15, 0.2) is 6.17 Å². The van der Waals surface area contributed by atoms with Gasteiger partial charge in [-0.3, -0.25) is 4.84 Å². The molecule has 0 radical (unpaired) electrons. The van der Waals surface area contributed by atoms with E-state index in [1.54, 1.807) is 0 Å². The lowest BCUT2D eigenvalue weighted by atomic mass is 10.0. The molecule has 5 atom stereocenters. The van der Waals surface area contributed by atoms with Gasteiger partial charge in [-0.2, -0.15) is 5.06 Å². The molecule has 2 aromatic rings. The summed E-state index contributed by atoms with van der Waals surface area (Å²) in [7, 11) is 0. The van der Waals surface area contributed by atoms with Crippen LogP contribution >= 0.6 is 0 Å². The number of hydrogen-bond donors (Lipinski definition) is 1. The third-order valence-electron chi connectivity index (χ3n) is 5.20. The number of halogens is 1. The van der Waals surface area contributed by atoms with Crippen LogP contribution in [0.1, 0.15) is 11.1 Å². The van der Waals surface area contributed by atoms with Gasteiger partial charge in [-0.05, 0) is 11.1 Å². The molecule has 148 valence electrons. The van der Waals surface area contributed by atoms with Crippen molar-refractivity contribution >= 4 is 6.09 Å². The molecule has 2 fully saturated rings. The zero-order chi connectivity index (χ0) is 19.5. The van der Waals surface area contributed by atoms with Crippen molar-refractivity contribution in [3.8, 4) is 0 Å². The molecule has 0 unspecified atom stereocenters. The maximum Gasteiger partial charge on any atom is 0.434 e. The molecule has 1 amide bonds. The minimum Gasteiger partial charge on any atom is -0.443 e. The van der Waals surface area contributed by atoms with Crippen molar-refractivity contribution in [1.82, 2.24) is 5.06 Å². The lowest BCUT2D eigenvalue weighted by Gasteiger charge is -2.24. The van der Waals surface area contributed by atoms with Crippen LogP contribution in [0, 0.1) is 5.92 Å². The number of benzene rings is 2. The molecule has 28 heavy (non-hydrogen) atoms. The molecular formula is C21H22FNO5. The van der Waals surface area contributed by atoms with Crippen LogP contribution in [0.15, 0.2) is 60.7 Å². The maximum atomic E-state index is 15.1. The van der Waals surface area contributed by atoms with Crippen LogP contribution in [0.25, 0.3) is 0 Å². The van der Waals surface area contributed by atoms with Crippen molar-refractivity contribution in [2.45, 2.75) is 37.6 Å². The Labute approximate surface area is 162 Å². The molecule has 0 spiro atoms. The molecule has 0 bridgehead atoms. The third-order valence-corrected chi connectivity index (χ3v) is 5.20. The summed E-state index contributed by atoms with van der Waals surface area (Å²) in [6, 6.07) is 17.6. The lowest BCUT2D eigenvalue weighted by Crippen LogP contribution is -2.43. The lowest BCUT2D eigenvalue weighted by molar-refractivity contribution is -0.143. The van der Waals surface area contributed by atoms with E-state index in [2.05, 4.69) is 0 Å². The second kappa shape index (κ2) is 8.26. The summed E-state index contributed by atoms with van der Waals surface area (Å²) in [5.74, 6) is -0.556. The van der Waals surface area contributed by atoms with Crippen molar-refractivity contribution in [3.05, 3.63) is 71.8 Å². The number of hydrogen-bond acceptors (Lipinski definition) is 5. The Bertz CT molecular complexity index is 790. The third kappa shape index (κ3) is 3.73. The molecule has 0 aromatic heterocycles. The van der Waals surface area contributed by atoms with Gasteiger partial charge < -0.3 is 14.6 Å². The summed E-state index contributed by atoms with van der Waals surface area (Å²) >= 11 is 0. The Kier molecular flexibility index (Phi) is 5.57. The van der Waals surface area contributed by atoms with Crippen LogP contribution in [0.3, 0.4) is 0 Å². The van der Waals surface area contributed by atoms with E-state index in [-0.39, 0.29) is 19.8 Å². The number of carbonyl (C=O) groups excluding carboxylic acids is 1. The predicted octanol–water partition coefficient (Wildman–Crippen LogP) is 2.85. The van der Waals surface area contributed by atoms with E-state index in [4.69, 9.17) is 14.3 Å². The molecular weight excluding hydrogens is 365 g/mol. The van der Waals surface area contributed by atoms with E-state index in [0.29, 0.717) is 0 Å². The number of carbonyl (C=O) groups is 1. The van der Waals surface area contributed by atoms with Crippen molar-refractivity contribution in [3.63, 3.8) is 0 Å². The monoisotopic (exact) mass is 387 g/mol. The molecule has 2 aromatic carbocycles. The van der Waals surface area contributed by atoms with Gasteiger partial charge in [-0.25, -0.2) is 9.18 Å². The molecule has 4 rings (SSSR count). The quantitative estimate of drug-likeness (QED) is 0.855. The highest BCUT2D eigenvalue weighted by Crippen LogP contribution is 2.40. The molecule has 1 aliphatic heterocycles. The number of aliphatic hydroxyl groups excluding tert-OH is 1. The standard InChI is InChI=1S/C21H22FNO5/c22-17-18-16(19(24)20(17)26-11-14-7-3-1-4-8-14)13-28-23(18)21(25)27-12-15-9-5-2-6-10-15/h1-10,16-20,24H,11-13H2/t16-,17+,18+,19+,20+/m0/s1. The minimum absolute atomic E-state index is 0.0396. The average molecular weight is 387 g/mol. The predicted molar refractivity (Wildman–Crippen MR) is 97.6 cm³/mol. The van der Waals surface area contributed by atoms with E-state index < -0.39 is 36.4 Å². The van der Waals surface area contributed by atoms with E-state index in [1.807, 2.05) is 60.7 Å². The van der Waals surface area contributed by atoms with Gasteiger partial charge in [0, 0.05) is 5.92 Å². The summed E-state index contributed by atoms with van der Waals surface area (Å²) in [6.45, 7) is 0.282. The van der Waals surface area contributed by atoms with Crippen LogP contribution in [0.4, 0.5) is 9.18 Å². The molecule has 6 nitrogen and oxygen atoms in total. The fourth-order valence-corrected chi connectivity index (χ4v) is 3.73. The van der Waals surface area contributed by atoms with Crippen LogP contribution in [-0.2, 0) is 27.5 Å². The van der Waals surface area contributed by atoms with Crippen LogP contribution in [-0.4, -0.2) is 47.3 Å². The largest absolute Gasteiger partial charge is 0.443 e. The number of nitrogens with zero attached hydrogens (tertiary/aromatic N) is 1. The normalized spacial score (nSPS) is 28.9. The number of amides is 1. The van der Waals surface area contributed by atoms with Crippen molar-refractivity contribution < 1.29 is 28.6 Å².